The SMILES string of the molecule is CC.CN1CCCCC12CN(c1ncc3c4c(c(-c5ncc(F)c6sc(N)c(C#N)c56)c(P)c3n1)COC4)C2. The van der Waals surface area contributed by atoms with Gasteiger partial charge in [0, 0.05) is 40.9 Å². The van der Waals surface area contributed by atoms with Gasteiger partial charge in [0.15, 0.2) is 5.82 Å². The predicted molar refractivity (Wildman–Crippen MR) is 158 cm³/mol. The topological polar surface area (TPSA) is 104 Å². The van der Waals surface area contributed by atoms with Crippen molar-refractivity contribution < 1.29 is 9.13 Å². The molecule has 0 bridgehead atoms. The number of anilines is 2. The molecule has 3 aliphatic heterocycles. The van der Waals surface area contributed by atoms with Gasteiger partial charge < -0.3 is 15.4 Å². The first kappa shape index (κ1) is 26.3. The molecular weight excluding hydrogens is 532 g/mol. The van der Waals surface area contributed by atoms with Crippen LogP contribution in [-0.2, 0) is 18.0 Å². The van der Waals surface area contributed by atoms with Gasteiger partial charge in [-0.05, 0) is 37.6 Å². The highest BCUT2D eigenvalue weighted by Crippen LogP contribution is 2.44. The van der Waals surface area contributed by atoms with Crippen LogP contribution in [-0.4, -0.2) is 52.1 Å². The van der Waals surface area contributed by atoms with Crippen LogP contribution < -0.4 is 15.9 Å². The summed E-state index contributed by atoms with van der Waals surface area (Å²) in [6.45, 7) is 7.80. The fourth-order valence-corrected chi connectivity index (χ4v) is 7.67. The van der Waals surface area contributed by atoms with Crippen LogP contribution in [0.15, 0.2) is 12.4 Å². The zero-order valence-electron chi connectivity index (χ0n) is 22.3. The molecule has 2 N–H and O–H groups in total. The molecule has 1 atom stereocenters. The number of thiophene rings is 1. The number of nitriles is 1. The number of hydrogen-bond acceptors (Lipinski definition) is 9. The zero-order chi connectivity index (χ0) is 27.5. The summed E-state index contributed by atoms with van der Waals surface area (Å²) in [5, 5.41) is 12.3. The zero-order valence-corrected chi connectivity index (χ0v) is 24.3. The predicted octanol–water partition coefficient (Wildman–Crippen LogP) is 4.73. The molecule has 2 fully saturated rings. The second kappa shape index (κ2) is 9.90. The van der Waals surface area contributed by atoms with Crippen molar-refractivity contribution in [2.75, 3.05) is 37.3 Å². The maximum absolute atomic E-state index is 14.7. The first-order chi connectivity index (χ1) is 18.9. The Labute approximate surface area is 233 Å². The third-order valence-electron chi connectivity index (χ3n) is 8.28. The van der Waals surface area contributed by atoms with Crippen molar-refractivity contribution in [1.29, 1.82) is 5.26 Å². The molecule has 11 heteroatoms. The lowest BCUT2D eigenvalue weighted by molar-refractivity contribution is 0.0449. The van der Waals surface area contributed by atoms with Crippen molar-refractivity contribution in [3.8, 4) is 17.3 Å². The first-order valence-corrected chi connectivity index (χ1v) is 14.7. The van der Waals surface area contributed by atoms with Gasteiger partial charge in [-0.2, -0.15) is 5.26 Å². The second-order valence-corrected chi connectivity index (χ2v) is 11.9. The lowest BCUT2D eigenvalue weighted by Gasteiger charge is -2.57. The average Bonchev–Trinajstić information content (AvgIpc) is 3.55. The first-order valence-electron chi connectivity index (χ1n) is 13.3. The molecule has 1 spiro atoms. The largest absolute Gasteiger partial charge is 0.389 e. The standard InChI is InChI=1S/C26H25FN7OPS.C2H6/c1-33-5-3-2-4-26(33)11-34(12-26)25-31-7-14-15-9-35-10-16(15)18(22(36)20(14)32-25)21-19-13(6-28)24(29)37-23(19)17(27)8-30-21;1-2/h7-8H,2-5,9-12,29,36H2,1H3;1-2H3. The summed E-state index contributed by atoms with van der Waals surface area (Å²) in [7, 11) is 5.03. The molecule has 4 aromatic rings. The highest BCUT2D eigenvalue weighted by atomic mass is 32.1. The molecule has 3 aliphatic rings. The summed E-state index contributed by atoms with van der Waals surface area (Å²) >= 11 is 1.08. The minimum atomic E-state index is -0.486. The summed E-state index contributed by atoms with van der Waals surface area (Å²) < 4.78 is 20.9. The molecule has 1 unspecified atom stereocenters. The van der Waals surface area contributed by atoms with Crippen molar-refractivity contribution in [3.05, 3.63) is 34.9 Å². The maximum Gasteiger partial charge on any atom is 0.226 e. The number of benzene rings is 1. The van der Waals surface area contributed by atoms with E-state index in [4.69, 9.17) is 20.4 Å². The molecule has 0 amide bonds. The number of halogens is 1. The van der Waals surface area contributed by atoms with E-state index in [0.717, 1.165) is 63.9 Å². The number of pyridine rings is 1. The van der Waals surface area contributed by atoms with Gasteiger partial charge in [0.1, 0.15) is 11.1 Å². The van der Waals surface area contributed by atoms with Crippen LogP contribution in [0, 0.1) is 17.1 Å². The number of piperidine rings is 1. The summed E-state index contributed by atoms with van der Waals surface area (Å²) in [6.07, 6.45) is 6.82. The third-order valence-corrected chi connectivity index (χ3v) is 9.87. The Morgan fingerprint density at radius 3 is 2.69 bits per heavy atom. The van der Waals surface area contributed by atoms with E-state index in [1.54, 1.807) is 0 Å². The van der Waals surface area contributed by atoms with Crippen LogP contribution in [0.5, 0.6) is 0 Å². The number of hydrogen-bond donors (Lipinski definition) is 1. The molecule has 0 aliphatic carbocycles. The van der Waals surface area contributed by atoms with Crippen LogP contribution in [0.2, 0.25) is 0 Å². The van der Waals surface area contributed by atoms with Crippen molar-refractivity contribution in [3.63, 3.8) is 0 Å². The van der Waals surface area contributed by atoms with Gasteiger partial charge in [-0.3, -0.25) is 9.88 Å². The summed E-state index contributed by atoms with van der Waals surface area (Å²) in [5.74, 6) is 0.222. The molecule has 8 nitrogen and oxygen atoms in total. The van der Waals surface area contributed by atoms with Gasteiger partial charge in [0.05, 0.1) is 46.4 Å². The van der Waals surface area contributed by atoms with E-state index >= 15 is 0 Å². The highest BCUT2D eigenvalue weighted by molar-refractivity contribution is 7.29. The van der Waals surface area contributed by atoms with Crippen LogP contribution in [0.4, 0.5) is 15.3 Å². The Balaban J connectivity index is 0.00000135. The fraction of sp³-hybridized carbons (Fsp3) is 0.429. The van der Waals surface area contributed by atoms with Crippen LogP contribution in [0.25, 0.3) is 32.2 Å². The number of fused-ring (bicyclic) bond motifs is 4. The molecule has 3 aromatic heterocycles. The number of nitrogen functional groups attached to an aromatic ring is 1. The van der Waals surface area contributed by atoms with Crippen molar-refractivity contribution in [2.24, 2.45) is 0 Å². The number of ether oxygens (including phenoxy) is 1. The molecule has 2 saturated heterocycles. The summed E-state index contributed by atoms with van der Waals surface area (Å²) in [5.41, 5.74) is 10.7. The third kappa shape index (κ3) is 3.90. The van der Waals surface area contributed by atoms with Gasteiger partial charge in [0.2, 0.25) is 5.95 Å². The van der Waals surface area contributed by atoms with E-state index in [0.29, 0.717) is 34.9 Å². The molecule has 0 radical (unpaired) electrons. The van der Waals surface area contributed by atoms with E-state index < -0.39 is 5.82 Å². The van der Waals surface area contributed by atoms with Gasteiger partial charge >= 0.3 is 0 Å². The van der Waals surface area contributed by atoms with E-state index in [2.05, 4.69) is 37.1 Å². The summed E-state index contributed by atoms with van der Waals surface area (Å²) in [4.78, 5) is 19.0. The Morgan fingerprint density at radius 2 is 1.95 bits per heavy atom. The quantitative estimate of drug-likeness (QED) is 0.349. The highest BCUT2D eigenvalue weighted by Gasteiger charge is 2.48. The van der Waals surface area contributed by atoms with Crippen molar-refractivity contribution >= 4 is 57.8 Å². The van der Waals surface area contributed by atoms with E-state index in [9.17, 15) is 9.65 Å². The molecule has 6 heterocycles. The lowest BCUT2D eigenvalue weighted by Crippen LogP contribution is -2.71. The van der Waals surface area contributed by atoms with E-state index in [1.807, 2.05) is 20.0 Å². The van der Waals surface area contributed by atoms with E-state index in [-0.39, 0.29) is 16.1 Å². The minimum absolute atomic E-state index is 0.216. The number of nitrogens with two attached hydrogens (primary N) is 1. The van der Waals surface area contributed by atoms with Crippen molar-refractivity contribution in [1.82, 2.24) is 19.9 Å². The lowest BCUT2D eigenvalue weighted by atomic mass is 9.80. The number of nitrogens with zero attached hydrogens (tertiary/aromatic N) is 6. The Morgan fingerprint density at radius 1 is 1.18 bits per heavy atom. The molecule has 7 rings (SSSR count). The Kier molecular flexibility index (Phi) is 6.67. The number of likely N-dealkylation sites (N-methyl/N-ethyl adjacent to an activating group) is 1. The fourth-order valence-electron chi connectivity index (χ4n) is 6.22. The summed E-state index contributed by atoms with van der Waals surface area (Å²) in [6, 6.07) is 2.16. The molecule has 0 saturated carbocycles. The average molecular weight is 564 g/mol. The normalized spacial score (nSPS) is 18.1. The van der Waals surface area contributed by atoms with Crippen LogP contribution >= 0.6 is 20.6 Å². The smallest absolute Gasteiger partial charge is 0.226 e. The molecule has 202 valence electrons. The Bertz CT molecular complexity index is 1660. The molecular formula is C28H31FN7OPS. The van der Waals surface area contributed by atoms with Gasteiger partial charge in [-0.1, -0.05) is 20.3 Å². The molecule has 1 aromatic carbocycles. The second-order valence-electron chi connectivity index (χ2n) is 10.2. The van der Waals surface area contributed by atoms with Crippen LogP contribution in [0.3, 0.4) is 0 Å². The maximum atomic E-state index is 14.7. The van der Waals surface area contributed by atoms with E-state index in [1.165, 1.54) is 25.5 Å². The van der Waals surface area contributed by atoms with Gasteiger partial charge in [0.25, 0.3) is 0 Å². The van der Waals surface area contributed by atoms with Crippen LogP contribution in [0.1, 0.15) is 49.8 Å². The minimum Gasteiger partial charge on any atom is -0.389 e. The monoisotopic (exact) mass is 563 g/mol. The van der Waals surface area contributed by atoms with Gasteiger partial charge in [-0.25, -0.2) is 14.4 Å². The number of rotatable bonds is 2. The number of aromatic nitrogens is 3. The van der Waals surface area contributed by atoms with Gasteiger partial charge in [-0.15, -0.1) is 20.6 Å². The Hall–Kier alpha value is -2.96. The molecule has 39 heavy (non-hydrogen) atoms. The number of likely N-dealkylation sites (tertiary alicyclic amines) is 1. The van der Waals surface area contributed by atoms with Crippen molar-refractivity contribution in [2.45, 2.75) is 51.9 Å².